The maximum Gasteiger partial charge on any atom is 0.0366 e. The van der Waals surface area contributed by atoms with Gasteiger partial charge in [-0.15, -0.1) is 0 Å². The molecule has 3 rings (SSSR count). The molecule has 1 fully saturated rings. The quantitative estimate of drug-likeness (QED) is 0.900. The second-order valence-electron chi connectivity index (χ2n) is 8.05. The van der Waals surface area contributed by atoms with Crippen LogP contribution in [0.15, 0.2) is 24.3 Å². The summed E-state index contributed by atoms with van der Waals surface area (Å²) in [4.78, 5) is 2.72. The summed E-state index contributed by atoms with van der Waals surface area (Å²) < 4.78 is 0. The molecule has 2 nitrogen and oxygen atoms in total. The normalized spacial score (nSPS) is 32.7. The molecule has 0 spiro atoms. The smallest absolute Gasteiger partial charge is 0.0366 e. The van der Waals surface area contributed by atoms with Crippen LogP contribution in [0, 0.1) is 11.3 Å². The van der Waals surface area contributed by atoms with Gasteiger partial charge in [0.2, 0.25) is 0 Å². The lowest BCUT2D eigenvalue weighted by molar-refractivity contribution is 0.0525. The topological polar surface area (TPSA) is 29.3 Å². The number of fused-ring (bicyclic) bond motifs is 1. The molecule has 2 aliphatic rings. The molecule has 0 amide bonds. The molecule has 0 radical (unpaired) electrons. The fourth-order valence-electron chi connectivity index (χ4n) is 5.00. The van der Waals surface area contributed by atoms with Gasteiger partial charge >= 0.3 is 0 Å². The fraction of sp³-hybridized carbons (Fsp3) is 0.684. The Bertz CT molecular complexity index is 508. The van der Waals surface area contributed by atoms with E-state index in [-0.39, 0.29) is 5.54 Å². The third-order valence-corrected chi connectivity index (χ3v) is 5.90. The zero-order chi connectivity index (χ0) is 15.1. The summed E-state index contributed by atoms with van der Waals surface area (Å²) in [5, 5.41) is 0. The van der Waals surface area contributed by atoms with Gasteiger partial charge in [-0.1, -0.05) is 45.0 Å². The number of hydrogen-bond acceptors (Lipinski definition) is 2. The highest BCUT2D eigenvalue weighted by Crippen LogP contribution is 2.50. The number of nitrogens with two attached hydrogens (primary N) is 1. The average Bonchev–Trinajstić information content (AvgIpc) is 2.61. The SMILES string of the molecule is CC1CC(C)(C)CC1(CN)N1CCCc2ccccc2C1. The summed E-state index contributed by atoms with van der Waals surface area (Å²) in [5.74, 6) is 0.683. The predicted octanol–water partition coefficient (Wildman–Crippen LogP) is 3.59. The van der Waals surface area contributed by atoms with E-state index in [1.165, 1.54) is 43.4 Å². The first-order valence-corrected chi connectivity index (χ1v) is 8.49. The molecule has 2 N–H and O–H groups in total. The van der Waals surface area contributed by atoms with Crippen molar-refractivity contribution in [2.75, 3.05) is 13.1 Å². The van der Waals surface area contributed by atoms with E-state index in [0.717, 1.165) is 13.1 Å². The van der Waals surface area contributed by atoms with E-state index in [1.807, 2.05) is 0 Å². The summed E-state index contributed by atoms with van der Waals surface area (Å²) in [6.07, 6.45) is 5.00. The van der Waals surface area contributed by atoms with Crippen molar-refractivity contribution in [3.8, 4) is 0 Å². The van der Waals surface area contributed by atoms with Crippen molar-refractivity contribution in [1.29, 1.82) is 0 Å². The Labute approximate surface area is 129 Å². The van der Waals surface area contributed by atoms with Gasteiger partial charge in [0.05, 0.1) is 0 Å². The van der Waals surface area contributed by atoms with Gasteiger partial charge in [0.1, 0.15) is 0 Å². The van der Waals surface area contributed by atoms with Gasteiger partial charge < -0.3 is 5.73 Å². The third-order valence-electron chi connectivity index (χ3n) is 5.90. The maximum atomic E-state index is 6.34. The number of rotatable bonds is 2. The van der Waals surface area contributed by atoms with E-state index in [4.69, 9.17) is 5.73 Å². The molecule has 1 aromatic carbocycles. The van der Waals surface area contributed by atoms with E-state index < -0.39 is 0 Å². The van der Waals surface area contributed by atoms with Crippen LogP contribution in [-0.4, -0.2) is 23.5 Å². The maximum absolute atomic E-state index is 6.34. The zero-order valence-electron chi connectivity index (χ0n) is 13.9. The first kappa shape index (κ1) is 15.1. The molecule has 1 aliphatic heterocycles. The molecule has 1 aromatic rings. The van der Waals surface area contributed by atoms with E-state index in [1.54, 1.807) is 0 Å². The van der Waals surface area contributed by atoms with Crippen LogP contribution in [0.2, 0.25) is 0 Å². The van der Waals surface area contributed by atoms with E-state index >= 15 is 0 Å². The Morgan fingerprint density at radius 1 is 1.24 bits per heavy atom. The van der Waals surface area contributed by atoms with Gasteiger partial charge in [-0.25, -0.2) is 0 Å². The molecule has 21 heavy (non-hydrogen) atoms. The molecule has 0 saturated heterocycles. The molecule has 2 atom stereocenters. The third kappa shape index (κ3) is 2.64. The van der Waals surface area contributed by atoms with Gasteiger partial charge in [-0.05, 0) is 54.7 Å². The van der Waals surface area contributed by atoms with Crippen molar-refractivity contribution in [2.45, 2.75) is 58.5 Å². The van der Waals surface area contributed by atoms with Crippen molar-refractivity contribution in [3.05, 3.63) is 35.4 Å². The highest BCUT2D eigenvalue weighted by molar-refractivity contribution is 5.28. The van der Waals surface area contributed by atoms with Crippen molar-refractivity contribution in [3.63, 3.8) is 0 Å². The Morgan fingerprint density at radius 2 is 1.95 bits per heavy atom. The van der Waals surface area contributed by atoms with Gasteiger partial charge in [0.15, 0.2) is 0 Å². The minimum atomic E-state index is 0.195. The monoisotopic (exact) mass is 286 g/mol. The molecule has 1 saturated carbocycles. The second-order valence-corrected chi connectivity index (χ2v) is 8.05. The van der Waals surface area contributed by atoms with E-state index in [2.05, 4.69) is 49.9 Å². The van der Waals surface area contributed by atoms with Crippen LogP contribution in [0.1, 0.15) is 51.2 Å². The molecule has 1 aliphatic carbocycles. The minimum Gasteiger partial charge on any atom is -0.329 e. The Balaban J connectivity index is 1.92. The molecule has 0 bridgehead atoms. The van der Waals surface area contributed by atoms with E-state index in [9.17, 15) is 0 Å². The van der Waals surface area contributed by atoms with Crippen LogP contribution >= 0.6 is 0 Å². The summed E-state index contributed by atoms with van der Waals surface area (Å²) >= 11 is 0. The summed E-state index contributed by atoms with van der Waals surface area (Å²) in [6, 6.07) is 8.96. The van der Waals surface area contributed by atoms with Crippen molar-refractivity contribution < 1.29 is 0 Å². The van der Waals surface area contributed by atoms with Crippen molar-refractivity contribution >= 4 is 0 Å². The largest absolute Gasteiger partial charge is 0.329 e. The molecule has 116 valence electrons. The molecular weight excluding hydrogens is 256 g/mol. The predicted molar refractivity (Wildman–Crippen MR) is 89.1 cm³/mol. The van der Waals surface area contributed by atoms with Gasteiger partial charge in [0.25, 0.3) is 0 Å². The van der Waals surface area contributed by atoms with Gasteiger partial charge in [-0.2, -0.15) is 0 Å². The molecule has 2 heteroatoms. The standard InChI is InChI=1S/C19H30N2/c1-15-11-18(2,3)13-19(15,14-20)21-10-6-9-16-7-4-5-8-17(16)12-21/h4-5,7-8,15H,6,9-14,20H2,1-3H3. The Morgan fingerprint density at radius 3 is 2.57 bits per heavy atom. The van der Waals surface area contributed by atoms with E-state index in [0.29, 0.717) is 11.3 Å². The van der Waals surface area contributed by atoms with Crippen LogP contribution in [0.25, 0.3) is 0 Å². The zero-order valence-corrected chi connectivity index (χ0v) is 13.9. The molecule has 1 heterocycles. The number of benzene rings is 1. The summed E-state index contributed by atoms with van der Waals surface area (Å²) in [5.41, 5.74) is 10.0. The lowest BCUT2D eigenvalue weighted by Crippen LogP contribution is -2.55. The lowest BCUT2D eigenvalue weighted by Gasteiger charge is -2.44. The lowest BCUT2D eigenvalue weighted by atomic mass is 9.84. The van der Waals surface area contributed by atoms with Crippen LogP contribution < -0.4 is 5.73 Å². The van der Waals surface area contributed by atoms with Crippen LogP contribution in [-0.2, 0) is 13.0 Å². The van der Waals surface area contributed by atoms with Crippen molar-refractivity contribution in [2.24, 2.45) is 17.1 Å². The average molecular weight is 286 g/mol. The first-order valence-electron chi connectivity index (χ1n) is 8.49. The highest BCUT2D eigenvalue weighted by Gasteiger charge is 2.51. The van der Waals surface area contributed by atoms with Crippen LogP contribution in [0.4, 0.5) is 0 Å². The molecular formula is C19H30N2. The summed E-state index contributed by atoms with van der Waals surface area (Å²) in [7, 11) is 0. The Hall–Kier alpha value is -0.860. The molecule has 0 aromatic heterocycles. The first-order chi connectivity index (χ1) is 9.97. The minimum absolute atomic E-state index is 0.195. The number of aryl methyl sites for hydroxylation is 1. The van der Waals surface area contributed by atoms with Crippen LogP contribution in [0.3, 0.4) is 0 Å². The summed E-state index contributed by atoms with van der Waals surface area (Å²) in [6.45, 7) is 10.3. The van der Waals surface area contributed by atoms with Gasteiger partial charge in [-0.3, -0.25) is 4.90 Å². The second kappa shape index (κ2) is 5.40. The Kier molecular flexibility index (Phi) is 3.87. The van der Waals surface area contributed by atoms with Gasteiger partial charge in [0, 0.05) is 18.6 Å². The van der Waals surface area contributed by atoms with Crippen molar-refractivity contribution in [1.82, 2.24) is 4.90 Å². The van der Waals surface area contributed by atoms with Crippen LogP contribution in [0.5, 0.6) is 0 Å². The highest BCUT2D eigenvalue weighted by atomic mass is 15.2. The fourth-order valence-corrected chi connectivity index (χ4v) is 5.00. The molecule has 2 unspecified atom stereocenters. The number of hydrogen-bond donors (Lipinski definition) is 1. The number of nitrogens with zero attached hydrogens (tertiary/aromatic N) is 1.